The van der Waals surface area contributed by atoms with E-state index in [2.05, 4.69) is 26.7 Å². The molecule has 0 aliphatic carbocycles. The van der Waals surface area contributed by atoms with E-state index in [4.69, 9.17) is 15.1 Å². The van der Waals surface area contributed by atoms with Gasteiger partial charge in [0.15, 0.2) is 22.1 Å². The summed E-state index contributed by atoms with van der Waals surface area (Å²) in [6.45, 7) is 2.44. The number of fused-ring (bicyclic) bond motifs is 2. The predicted molar refractivity (Wildman–Crippen MR) is 142 cm³/mol. The number of likely N-dealkylation sites (tertiary alicyclic amines) is 1. The number of piperidine rings is 1. The average Bonchev–Trinajstić information content (AvgIpc) is 3.57. The number of rotatable bonds is 7. The van der Waals surface area contributed by atoms with E-state index in [1.807, 2.05) is 28.8 Å². The number of hydrogen-bond acceptors (Lipinski definition) is 8. The third-order valence-electron chi connectivity index (χ3n) is 7.08. The van der Waals surface area contributed by atoms with Gasteiger partial charge in [-0.25, -0.2) is 15.0 Å². The molecule has 36 heavy (non-hydrogen) atoms. The molecule has 0 unspecified atom stereocenters. The maximum atomic E-state index is 11.1. The molecule has 1 fully saturated rings. The third-order valence-corrected chi connectivity index (χ3v) is 9.32. The summed E-state index contributed by atoms with van der Waals surface area (Å²) in [5.74, 6) is 2.96. The summed E-state index contributed by atoms with van der Waals surface area (Å²) in [5, 5.41) is 0.857. The average molecular weight is 521 g/mol. The van der Waals surface area contributed by atoms with Crippen LogP contribution in [0.2, 0.25) is 0 Å². The van der Waals surface area contributed by atoms with E-state index in [-0.39, 0.29) is 0 Å². The van der Waals surface area contributed by atoms with E-state index >= 15 is 0 Å². The molecule has 0 bridgehead atoms. The van der Waals surface area contributed by atoms with E-state index in [1.54, 1.807) is 18.0 Å². The van der Waals surface area contributed by atoms with Gasteiger partial charge in [-0.3, -0.25) is 4.79 Å². The van der Waals surface area contributed by atoms with Crippen LogP contribution < -0.4 is 5.73 Å². The van der Waals surface area contributed by atoms with E-state index in [9.17, 15) is 4.79 Å². The van der Waals surface area contributed by atoms with Crippen LogP contribution in [-0.2, 0) is 17.8 Å². The summed E-state index contributed by atoms with van der Waals surface area (Å²) in [7, 11) is 0. The molecule has 0 atom stereocenters. The van der Waals surface area contributed by atoms with Gasteiger partial charge in [-0.1, -0.05) is 11.8 Å². The van der Waals surface area contributed by atoms with Crippen molar-refractivity contribution in [2.45, 2.75) is 53.6 Å². The first-order chi connectivity index (χ1) is 17.7. The van der Waals surface area contributed by atoms with Crippen molar-refractivity contribution >= 4 is 46.9 Å². The number of benzene rings is 1. The fraction of sp³-hybridized carbons (Fsp3) is 0.385. The Bertz CT molecular complexity index is 1380. The Morgan fingerprint density at radius 1 is 1.25 bits per heavy atom. The molecule has 0 saturated carbocycles. The van der Waals surface area contributed by atoms with Crippen molar-refractivity contribution in [3.05, 3.63) is 42.4 Å². The molecular weight excluding hydrogens is 492 g/mol. The lowest BCUT2D eigenvalue weighted by molar-refractivity contribution is -0.119. The fourth-order valence-electron chi connectivity index (χ4n) is 5.06. The minimum Gasteiger partial charge on any atom is -0.464 e. The van der Waals surface area contributed by atoms with Crippen LogP contribution in [0, 0.1) is 5.92 Å². The van der Waals surface area contributed by atoms with E-state index in [0.29, 0.717) is 17.3 Å². The number of thioether (sulfide) groups is 1. The molecule has 0 spiro atoms. The number of aromatic nitrogens is 4. The van der Waals surface area contributed by atoms with E-state index < -0.39 is 0 Å². The zero-order valence-electron chi connectivity index (χ0n) is 19.9. The summed E-state index contributed by atoms with van der Waals surface area (Å²) in [5.41, 5.74) is 10.1. The lowest BCUT2D eigenvalue weighted by Gasteiger charge is -2.29. The number of hydrogen-bond donors (Lipinski definition) is 1. The van der Waals surface area contributed by atoms with Crippen molar-refractivity contribution in [2.24, 2.45) is 5.92 Å². The highest BCUT2D eigenvalue weighted by Gasteiger charge is 2.23. The molecule has 0 radical (unpaired) electrons. The van der Waals surface area contributed by atoms with E-state index in [1.165, 1.54) is 23.2 Å². The molecule has 8 nitrogen and oxygen atoms in total. The van der Waals surface area contributed by atoms with Gasteiger partial charge in [-0.05, 0) is 73.6 Å². The van der Waals surface area contributed by atoms with Crippen LogP contribution in [0.3, 0.4) is 0 Å². The van der Waals surface area contributed by atoms with Crippen LogP contribution in [0.1, 0.15) is 31.2 Å². The number of nitrogen functional groups attached to an aromatic ring is 1. The number of aryl methyl sites for hydroxylation is 2. The smallest absolute Gasteiger partial charge is 0.209 e. The minimum atomic E-state index is 0.396. The second kappa shape index (κ2) is 10.2. The SMILES string of the molecule is Nc1ncnc2c1nc(Sc1cc3c(cc1-c1ccco1)CCCS3)n2CCC1CCN(C=O)CC1. The molecule has 2 aliphatic heterocycles. The number of furan rings is 1. The van der Waals surface area contributed by atoms with Crippen LogP contribution in [0.15, 0.2) is 56.2 Å². The summed E-state index contributed by atoms with van der Waals surface area (Å²) in [4.78, 5) is 29.0. The Labute approximate surface area is 218 Å². The molecule has 1 aromatic carbocycles. The molecule has 4 aromatic rings. The Kier molecular flexibility index (Phi) is 6.62. The number of nitrogens with zero attached hydrogens (tertiary/aromatic N) is 5. The molecule has 3 aromatic heterocycles. The molecule has 10 heteroatoms. The predicted octanol–water partition coefficient (Wildman–Crippen LogP) is 5.12. The summed E-state index contributed by atoms with van der Waals surface area (Å²) in [6.07, 6.45) is 9.53. The minimum absolute atomic E-state index is 0.396. The quantitative estimate of drug-likeness (QED) is 0.335. The number of anilines is 1. The van der Waals surface area contributed by atoms with Crippen LogP contribution in [0.4, 0.5) is 5.82 Å². The summed E-state index contributed by atoms with van der Waals surface area (Å²) < 4.78 is 8.01. The van der Waals surface area contributed by atoms with Crippen LogP contribution >= 0.6 is 23.5 Å². The lowest BCUT2D eigenvalue weighted by Crippen LogP contribution is -2.32. The Morgan fingerprint density at radius 2 is 2.14 bits per heavy atom. The Hall–Kier alpha value is -2.98. The van der Waals surface area contributed by atoms with Gasteiger partial charge in [0.2, 0.25) is 6.41 Å². The van der Waals surface area contributed by atoms with Gasteiger partial charge < -0.3 is 19.6 Å². The topological polar surface area (TPSA) is 103 Å². The van der Waals surface area contributed by atoms with Crippen LogP contribution in [0.5, 0.6) is 0 Å². The zero-order valence-corrected chi connectivity index (χ0v) is 21.6. The number of nitrogens with two attached hydrogens (primary N) is 1. The van der Waals surface area contributed by atoms with Crippen molar-refractivity contribution < 1.29 is 9.21 Å². The van der Waals surface area contributed by atoms with Crippen LogP contribution in [-0.4, -0.2) is 49.7 Å². The Morgan fingerprint density at radius 3 is 2.94 bits per heavy atom. The first kappa shape index (κ1) is 23.4. The summed E-state index contributed by atoms with van der Waals surface area (Å²) >= 11 is 3.56. The molecular formula is C26H28N6O2S2. The normalized spacial score (nSPS) is 16.4. The largest absolute Gasteiger partial charge is 0.464 e. The third kappa shape index (κ3) is 4.59. The number of carbonyl (C=O) groups is 1. The molecule has 1 saturated heterocycles. The second-order valence-corrected chi connectivity index (χ2v) is 11.5. The van der Waals surface area contributed by atoms with Crippen molar-refractivity contribution in [1.29, 1.82) is 0 Å². The van der Waals surface area contributed by atoms with Gasteiger partial charge >= 0.3 is 0 Å². The number of imidazole rings is 1. The van der Waals surface area contributed by atoms with Gasteiger partial charge in [-0.2, -0.15) is 0 Å². The maximum absolute atomic E-state index is 11.1. The second-order valence-electron chi connectivity index (χ2n) is 9.34. The van der Waals surface area contributed by atoms with E-state index in [0.717, 1.165) is 84.5 Å². The first-order valence-corrected chi connectivity index (χ1v) is 14.2. The number of amides is 1. The van der Waals surface area contributed by atoms with Gasteiger partial charge in [0.25, 0.3) is 0 Å². The molecule has 6 rings (SSSR count). The summed E-state index contributed by atoms with van der Waals surface area (Å²) in [6, 6.07) is 8.51. The lowest BCUT2D eigenvalue weighted by atomic mass is 9.94. The highest BCUT2D eigenvalue weighted by Crippen LogP contribution is 2.43. The number of carbonyl (C=O) groups excluding carboxylic acids is 1. The van der Waals surface area contributed by atoms with Gasteiger partial charge in [0.1, 0.15) is 12.1 Å². The molecule has 2 aliphatic rings. The van der Waals surface area contributed by atoms with Gasteiger partial charge in [0, 0.05) is 35.0 Å². The fourth-order valence-corrected chi connectivity index (χ4v) is 7.26. The zero-order chi connectivity index (χ0) is 24.5. The highest BCUT2D eigenvalue weighted by molar-refractivity contribution is 8.00. The monoisotopic (exact) mass is 520 g/mol. The van der Waals surface area contributed by atoms with Gasteiger partial charge in [0.05, 0.1) is 6.26 Å². The molecule has 1 amide bonds. The first-order valence-electron chi connectivity index (χ1n) is 12.4. The molecule has 186 valence electrons. The molecule has 2 N–H and O–H groups in total. The van der Waals surface area contributed by atoms with Crippen molar-refractivity contribution in [3.8, 4) is 11.3 Å². The Balaban J connectivity index is 1.35. The molecule has 5 heterocycles. The van der Waals surface area contributed by atoms with Crippen molar-refractivity contribution in [2.75, 3.05) is 24.6 Å². The van der Waals surface area contributed by atoms with Crippen LogP contribution in [0.25, 0.3) is 22.5 Å². The maximum Gasteiger partial charge on any atom is 0.209 e. The highest BCUT2D eigenvalue weighted by atomic mass is 32.2. The van der Waals surface area contributed by atoms with Crippen molar-refractivity contribution in [1.82, 2.24) is 24.4 Å². The van der Waals surface area contributed by atoms with Crippen molar-refractivity contribution in [3.63, 3.8) is 0 Å². The van der Waals surface area contributed by atoms with Gasteiger partial charge in [-0.15, -0.1) is 11.8 Å². The standard InChI is InChI=1S/C26H28N6O2S2/c27-24-23-25(29-15-28-24)32(10-7-17-5-8-31(16-33)9-6-17)26(30-23)36-22-14-21-18(3-2-12-35-21)13-19(22)20-4-1-11-34-20/h1,4,11,13-17H,2-3,5-10,12H2,(H2,27,28,29).